The van der Waals surface area contributed by atoms with Crippen molar-refractivity contribution in [2.45, 2.75) is 6.92 Å². The second-order valence-electron chi connectivity index (χ2n) is 6.25. The number of halogens is 1. The molecule has 1 aliphatic heterocycles. The summed E-state index contributed by atoms with van der Waals surface area (Å²) in [5.41, 5.74) is 0.502. The molecule has 1 N–H and O–H groups in total. The fourth-order valence-corrected chi connectivity index (χ4v) is 2.73. The summed E-state index contributed by atoms with van der Waals surface area (Å²) in [5, 5.41) is 7.31. The van der Waals surface area contributed by atoms with Crippen LogP contribution in [0.25, 0.3) is 5.69 Å². The lowest BCUT2D eigenvalue weighted by Crippen LogP contribution is -2.45. The zero-order valence-electron chi connectivity index (χ0n) is 13.9. The third kappa shape index (κ3) is 3.38. The number of hydrogen-bond acceptors (Lipinski definition) is 6. The van der Waals surface area contributed by atoms with Crippen molar-refractivity contribution in [2.24, 2.45) is 5.41 Å². The number of rotatable bonds is 5. The summed E-state index contributed by atoms with van der Waals surface area (Å²) < 4.78 is 11.0. The summed E-state index contributed by atoms with van der Waals surface area (Å²) in [5.74, 6) is -0.555. The fourth-order valence-electron chi connectivity index (χ4n) is 2.53. The molecule has 1 aliphatic rings. The van der Waals surface area contributed by atoms with Crippen molar-refractivity contribution in [3.8, 4) is 5.69 Å². The van der Waals surface area contributed by atoms with Crippen LogP contribution in [0.5, 0.6) is 0 Å². The molecule has 1 fully saturated rings. The van der Waals surface area contributed by atoms with Gasteiger partial charge in [-0.25, -0.2) is 4.79 Å². The third-order valence-corrected chi connectivity index (χ3v) is 4.43. The lowest BCUT2D eigenvalue weighted by Gasteiger charge is -2.38. The molecule has 1 aromatic heterocycles. The van der Waals surface area contributed by atoms with Gasteiger partial charge in [-0.2, -0.15) is 9.78 Å². The number of carbonyl (C=O) groups excluding carboxylic acids is 1. The summed E-state index contributed by atoms with van der Waals surface area (Å²) in [7, 11) is 1.28. The molecule has 0 saturated carbocycles. The van der Waals surface area contributed by atoms with Crippen LogP contribution in [0.2, 0.25) is 5.02 Å². The van der Waals surface area contributed by atoms with Gasteiger partial charge in [-0.05, 0) is 12.1 Å². The second-order valence-corrected chi connectivity index (χ2v) is 6.63. The van der Waals surface area contributed by atoms with E-state index in [0.29, 0.717) is 31.1 Å². The highest BCUT2D eigenvalue weighted by Gasteiger charge is 2.33. The third-order valence-electron chi connectivity index (χ3n) is 4.06. The second kappa shape index (κ2) is 6.85. The number of ether oxygens (including phenoxy) is 2. The highest BCUT2D eigenvalue weighted by molar-refractivity contribution is 6.33. The first-order valence-electron chi connectivity index (χ1n) is 7.72. The molecule has 0 unspecified atom stereocenters. The monoisotopic (exact) mass is 363 g/mol. The van der Waals surface area contributed by atoms with Gasteiger partial charge < -0.3 is 14.8 Å². The average molecular weight is 364 g/mol. The molecule has 0 spiro atoms. The molecular weight excluding hydrogens is 346 g/mol. The van der Waals surface area contributed by atoms with E-state index < -0.39 is 11.5 Å². The first-order valence-corrected chi connectivity index (χ1v) is 8.10. The van der Waals surface area contributed by atoms with Crippen molar-refractivity contribution in [1.29, 1.82) is 0 Å². The number of hydrogen-bond donors (Lipinski definition) is 1. The Morgan fingerprint density at radius 2 is 2.16 bits per heavy atom. The number of aromatic nitrogens is 2. The molecule has 25 heavy (non-hydrogen) atoms. The normalized spacial score (nSPS) is 15.3. The van der Waals surface area contributed by atoms with Crippen LogP contribution in [-0.4, -0.2) is 42.6 Å². The van der Waals surface area contributed by atoms with Crippen LogP contribution in [0.3, 0.4) is 0 Å². The smallest absolute Gasteiger partial charge is 0.340 e. The van der Waals surface area contributed by atoms with Crippen LogP contribution in [0.15, 0.2) is 35.3 Å². The minimum atomic E-state index is -0.555. The molecule has 1 aromatic carbocycles. The Hall–Kier alpha value is -2.38. The summed E-state index contributed by atoms with van der Waals surface area (Å²) >= 11 is 6.22. The first kappa shape index (κ1) is 17.4. The first-order chi connectivity index (χ1) is 11.9. The van der Waals surface area contributed by atoms with Crippen LogP contribution in [-0.2, 0) is 9.47 Å². The van der Waals surface area contributed by atoms with Crippen molar-refractivity contribution in [1.82, 2.24) is 9.78 Å². The molecule has 0 radical (unpaired) electrons. The minimum Gasteiger partial charge on any atom is -0.465 e. The maximum absolute atomic E-state index is 12.6. The highest BCUT2D eigenvalue weighted by Crippen LogP contribution is 2.28. The number of methoxy groups -OCH3 is 1. The molecule has 0 amide bonds. The summed E-state index contributed by atoms with van der Waals surface area (Å²) in [4.78, 5) is 24.5. The molecule has 8 heteroatoms. The van der Waals surface area contributed by atoms with Crippen molar-refractivity contribution in [3.05, 3.63) is 51.4 Å². The predicted octanol–water partition coefficient (Wildman–Crippen LogP) is 2.12. The van der Waals surface area contributed by atoms with Gasteiger partial charge in [0.25, 0.3) is 5.56 Å². The van der Waals surface area contributed by atoms with Crippen molar-refractivity contribution < 1.29 is 14.3 Å². The van der Waals surface area contributed by atoms with Gasteiger partial charge in [0, 0.05) is 12.0 Å². The van der Waals surface area contributed by atoms with Gasteiger partial charge in [0.05, 0.1) is 43.5 Å². The Balaban J connectivity index is 1.93. The van der Waals surface area contributed by atoms with Crippen LogP contribution in [0.4, 0.5) is 5.69 Å². The molecule has 0 bridgehead atoms. The molecule has 7 nitrogen and oxygen atoms in total. The van der Waals surface area contributed by atoms with Gasteiger partial charge in [0.15, 0.2) is 0 Å². The van der Waals surface area contributed by atoms with Crippen molar-refractivity contribution in [3.63, 3.8) is 0 Å². The summed E-state index contributed by atoms with van der Waals surface area (Å²) in [6.45, 7) is 4.03. The average Bonchev–Trinajstić information content (AvgIpc) is 2.61. The molecule has 0 atom stereocenters. The van der Waals surface area contributed by atoms with Crippen LogP contribution >= 0.6 is 11.6 Å². The molecule has 2 heterocycles. The van der Waals surface area contributed by atoms with E-state index in [9.17, 15) is 9.59 Å². The Kier molecular flexibility index (Phi) is 4.78. The Morgan fingerprint density at radius 1 is 1.44 bits per heavy atom. The summed E-state index contributed by atoms with van der Waals surface area (Å²) in [6.07, 6.45) is 1.47. The zero-order chi connectivity index (χ0) is 18.0. The number of benzene rings is 1. The van der Waals surface area contributed by atoms with E-state index in [0.717, 1.165) is 4.68 Å². The van der Waals surface area contributed by atoms with E-state index >= 15 is 0 Å². The number of carbonyl (C=O) groups is 1. The van der Waals surface area contributed by atoms with Crippen molar-refractivity contribution >= 4 is 23.3 Å². The standard InChI is InChI=1S/C17H18ClN3O4/c1-17(9-25-10-17)8-19-12-7-20-21(15(22)14(12)18)13-6-4-3-5-11(13)16(23)24-2/h3-7,19H,8-10H2,1-2H3. The molecule has 2 aromatic rings. The lowest BCUT2D eigenvalue weighted by molar-refractivity contribution is -0.0924. The Labute approximate surface area is 149 Å². The van der Waals surface area contributed by atoms with E-state index in [1.807, 2.05) is 0 Å². The number of anilines is 1. The summed E-state index contributed by atoms with van der Waals surface area (Å²) in [6, 6.07) is 6.55. The number of nitrogens with zero attached hydrogens (tertiary/aromatic N) is 2. The van der Waals surface area contributed by atoms with E-state index in [4.69, 9.17) is 21.1 Å². The van der Waals surface area contributed by atoms with Crippen LogP contribution in [0, 0.1) is 5.41 Å². The van der Waals surface area contributed by atoms with Gasteiger partial charge in [0.2, 0.25) is 0 Å². The molecule has 3 rings (SSSR count). The maximum atomic E-state index is 12.6. The molecule has 1 saturated heterocycles. The maximum Gasteiger partial charge on any atom is 0.340 e. The van der Waals surface area contributed by atoms with E-state index in [1.54, 1.807) is 24.3 Å². The lowest BCUT2D eigenvalue weighted by atomic mass is 9.89. The van der Waals surface area contributed by atoms with Gasteiger partial charge in [-0.15, -0.1) is 0 Å². The predicted molar refractivity (Wildman–Crippen MR) is 93.6 cm³/mol. The van der Waals surface area contributed by atoms with Gasteiger partial charge in [-0.3, -0.25) is 4.79 Å². The highest BCUT2D eigenvalue weighted by atomic mass is 35.5. The zero-order valence-corrected chi connectivity index (χ0v) is 14.7. The largest absolute Gasteiger partial charge is 0.465 e. The van der Waals surface area contributed by atoms with Crippen molar-refractivity contribution in [2.75, 3.05) is 32.2 Å². The van der Waals surface area contributed by atoms with E-state index in [1.165, 1.54) is 13.3 Å². The Bertz CT molecular complexity index is 861. The van der Waals surface area contributed by atoms with Gasteiger partial charge >= 0.3 is 5.97 Å². The topological polar surface area (TPSA) is 82.5 Å². The molecule has 132 valence electrons. The van der Waals surface area contributed by atoms with E-state index in [-0.39, 0.29) is 16.0 Å². The SMILES string of the molecule is COC(=O)c1ccccc1-n1ncc(NCC2(C)COC2)c(Cl)c1=O. The number of esters is 1. The van der Waals surface area contributed by atoms with Gasteiger partial charge in [0.1, 0.15) is 5.02 Å². The van der Waals surface area contributed by atoms with Gasteiger partial charge in [-0.1, -0.05) is 30.7 Å². The molecule has 0 aliphatic carbocycles. The fraction of sp³-hybridized carbons (Fsp3) is 0.353. The van der Waals surface area contributed by atoms with E-state index in [2.05, 4.69) is 17.3 Å². The number of para-hydroxylation sites is 1. The Morgan fingerprint density at radius 3 is 2.80 bits per heavy atom. The quantitative estimate of drug-likeness (QED) is 0.819. The van der Waals surface area contributed by atoms with Crippen LogP contribution < -0.4 is 10.9 Å². The molecular formula is C17H18ClN3O4. The minimum absolute atomic E-state index is 0.0125. The number of nitrogens with one attached hydrogen (secondary N) is 1. The van der Waals surface area contributed by atoms with Crippen LogP contribution in [0.1, 0.15) is 17.3 Å².